The van der Waals surface area contributed by atoms with Crippen LogP contribution in [0.3, 0.4) is 0 Å². The van der Waals surface area contributed by atoms with E-state index in [4.69, 9.17) is 21.1 Å². The van der Waals surface area contributed by atoms with Crippen molar-refractivity contribution in [2.45, 2.75) is 37.4 Å². The highest BCUT2D eigenvalue weighted by Gasteiger charge is 2.53. The van der Waals surface area contributed by atoms with Gasteiger partial charge in [0.2, 0.25) is 5.91 Å². The molecule has 7 nitrogen and oxygen atoms in total. The monoisotopic (exact) mass is 451 g/mol. The minimum absolute atomic E-state index is 0.0220. The first-order valence-corrected chi connectivity index (χ1v) is 11.3. The molecule has 4 fully saturated rings. The van der Waals surface area contributed by atoms with E-state index in [1.807, 2.05) is 28.0 Å². The minimum Gasteiger partial charge on any atom is -0.492 e. The van der Waals surface area contributed by atoms with E-state index < -0.39 is 6.17 Å². The highest BCUT2D eigenvalue weighted by molar-refractivity contribution is 6.32. The van der Waals surface area contributed by atoms with Gasteiger partial charge in [-0.05, 0) is 49.8 Å². The van der Waals surface area contributed by atoms with E-state index >= 15 is 0 Å². The molecule has 1 N–H and O–H groups in total. The number of carbonyl (C=O) groups is 2. The summed E-state index contributed by atoms with van der Waals surface area (Å²) < 4.78 is 24.0. The summed E-state index contributed by atoms with van der Waals surface area (Å²) in [7, 11) is 0. The quantitative estimate of drug-likeness (QED) is 0.745. The van der Waals surface area contributed by atoms with Crippen LogP contribution in [0.4, 0.5) is 14.9 Å². The van der Waals surface area contributed by atoms with Gasteiger partial charge in [0, 0.05) is 24.7 Å². The second kappa shape index (κ2) is 8.04. The van der Waals surface area contributed by atoms with Crippen molar-refractivity contribution in [3.05, 3.63) is 23.2 Å². The predicted octanol–water partition coefficient (Wildman–Crippen LogP) is 3.00. The molecule has 9 heteroatoms. The third kappa shape index (κ3) is 4.14. The summed E-state index contributed by atoms with van der Waals surface area (Å²) in [5.74, 6) is 1.18. The lowest BCUT2D eigenvalue weighted by atomic mass is 9.68. The van der Waals surface area contributed by atoms with Crippen LogP contribution in [0.1, 0.15) is 25.7 Å². The summed E-state index contributed by atoms with van der Waals surface area (Å²) >= 11 is 6.36. The Labute approximate surface area is 185 Å². The number of rotatable bonds is 5. The standard InChI is InChI=1S/C22H27ClFN3O4/c23-18-7-17(27-10-16(24)11-27)1-2-19(18)30-12-14-3-5-26(6-4-14)20(28)15-8-22(9-15)13-31-21(29)25-22/h1-2,7,14-16H,3-6,8-13H2,(H,25,29)/t15-,22-. The first-order valence-electron chi connectivity index (χ1n) is 11.0. The number of ether oxygens (including phenoxy) is 2. The van der Waals surface area contributed by atoms with Gasteiger partial charge < -0.3 is 24.6 Å². The SMILES string of the molecule is O=C1N[C@]2(CO1)C[C@@H](C(=O)N1CCC(COc3ccc(N4CC(F)C4)cc3Cl)CC1)C2. The van der Waals surface area contributed by atoms with Crippen LogP contribution >= 0.6 is 11.6 Å². The molecule has 1 aromatic rings. The molecular formula is C22H27ClFN3O4. The van der Waals surface area contributed by atoms with Crippen LogP contribution in [0.2, 0.25) is 5.02 Å². The van der Waals surface area contributed by atoms with Gasteiger partial charge in [-0.15, -0.1) is 0 Å². The van der Waals surface area contributed by atoms with Crippen molar-refractivity contribution in [1.29, 1.82) is 0 Å². The van der Waals surface area contributed by atoms with Crippen molar-refractivity contribution in [3.8, 4) is 5.75 Å². The fourth-order valence-electron chi connectivity index (χ4n) is 5.00. The van der Waals surface area contributed by atoms with Crippen LogP contribution in [0.15, 0.2) is 18.2 Å². The number of halogens is 2. The molecule has 5 rings (SSSR count). The number of likely N-dealkylation sites (tertiary alicyclic amines) is 1. The number of hydrogen-bond donors (Lipinski definition) is 1. The van der Waals surface area contributed by atoms with Gasteiger partial charge >= 0.3 is 6.09 Å². The fraction of sp³-hybridized carbons (Fsp3) is 0.636. The molecule has 0 bridgehead atoms. The Morgan fingerprint density at radius 1 is 1.29 bits per heavy atom. The summed E-state index contributed by atoms with van der Waals surface area (Å²) in [6.45, 7) is 3.22. The smallest absolute Gasteiger partial charge is 0.407 e. The summed E-state index contributed by atoms with van der Waals surface area (Å²) in [5, 5.41) is 3.37. The van der Waals surface area contributed by atoms with Crippen molar-refractivity contribution in [3.63, 3.8) is 0 Å². The van der Waals surface area contributed by atoms with Gasteiger partial charge in [-0.25, -0.2) is 9.18 Å². The van der Waals surface area contributed by atoms with Crippen molar-refractivity contribution in [2.24, 2.45) is 11.8 Å². The molecule has 168 valence electrons. The molecule has 1 aliphatic carbocycles. The number of amides is 2. The van der Waals surface area contributed by atoms with Crippen LogP contribution in [0.25, 0.3) is 0 Å². The molecule has 1 saturated carbocycles. The van der Waals surface area contributed by atoms with Crippen LogP contribution < -0.4 is 15.0 Å². The number of nitrogens with one attached hydrogen (secondary N) is 1. The molecule has 3 heterocycles. The first kappa shape index (κ1) is 20.7. The Hall–Kier alpha value is -2.22. The van der Waals surface area contributed by atoms with E-state index in [1.165, 1.54) is 0 Å². The van der Waals surface area contributed by atoms with Crippen molar-refractivity contribution in [1.82, 2.24) is 10.2 Å². The minimum atomic E-state index is -0.754. The van der Waals surface area contributed by atoms with Gasteiger partial charge in [0.05, 0.1) is 30.3 Å². The largest absolute Gasteiger partial charge is 0.492 e. The second-order valence-electron chi connectivity index (χ2n) is 9.28. The van der Waals surface area contributed by atoms with Crippen LogP contribution in [-0.2, 0) is 9.53 Å². The number of alkyl halides is 1. The molecule has 31 heavy (non-hydrogen) atoms. The predicted molar refractivity (Wildman–Crippen MR) is 113 cm³/mol. The summed E-state index contributed by atoms with van der Waals surface area (Å²) in [6.07, 6.45) is 1.98. The number of carbonyl (C=O) groups excluding carboxylic acids is 2. The first-order chi connectivity index (χ1) is 14.9. The molecular weight excluding hydrogens is 425 g/mol. The van der Waals surface area contributed by atoms with Crippen LogP contribution in [-0.4, -0.2) is 68.0 Å². The lowest BCUT2D eigenvalue weighted by Gasteiger charge is -2.44. The van der Waals surface area contributed by atoms with Crippen LogP contribution in [0, 0.1) is 11.8 Å². The number of benzene rings is 1. The highest BCUT2D eigenvalue weighted by Crippen LogP contribution is 2.42. The molecule has 3 saturated heterocycles. The molecule has 3 aliphatic heterocycles. The molecule has 0 radical (unpaired) electrons. The van der Waals surface area contributed by atoms with Crippen LogP contribution in [0.5, 0.6) is 5.75 Å². The zero-order valence-corrected chi connectivity index (χ0v) is 18.1. The van der Waals surface area contributed by atoms with Gasteiger partial charge in [-0.2, -0.15) is 0 Å². The molecule has 2 amide bonds. The lowest BCUT2D eigenvalue weighted by molar-refractivity contribution is -0.142. The van der Waals surface area contributed by atoms with Gasteiger partial charge in [0.1, 0.15) is 18.5 Å². The highest BCUT2D eigenvalue weighted by atomic mass is 35.5. The zero-order valence-electron chi connectivity index (χ0n) is 17.3. The normalized spacial score (nSPS) is 28.7. The van der Waals surface area contributed by atoms with Crippen molar-refractivity contribution in [2.75, 3.05) is 44.3 Å². The van der Waals surface area contributed by atoms with Gasteiger partial charge in [0.15, 0.2) is 0 Å². The average molecular weight is 452 g/mol. The van der Waals surface area contributed by atoms with E-state index in [0.29, 0.717) is 55.8 Å². The Kier molecular flexibility index (Phi) is 5.36. The van der Waals surface area contributed by atoms with Gasteiger partial charge in [0.25, 0.3) is 0 Å². The Balaban J connectivity index is 1.05. The molecule has 1 spiro atoms. The molecule has 0 unspecified atom stereocenters. The number of cyclic esters (lactones) is 1. The number of anilines is 1. The topological polar surface area (TPSA) is 71.1 Å². The van der Waals surface area contributed by atoms with Gasteiger partial charge in [-0.1, -0.05) is 11.6 Å². The maximum absolute atomic E-state index is 13.0. The van der Waals surface area contributed by atoms with E-state index in [1.54, 1.807) is 0 Å². The number of alkyl carbamates (subject to hydrolysis) is 1. The summed E-state index contributed by atoms with van der Waals surface area (Å²) in [5.41, 5.74) is 0.598. The number of nitrogens with zero attached hydrogens (tertiary/aromatic N) is 2. The number of piperidine rings is 1. The molecule has 0 atom stereocenters. The Morgan fingerprint density at radius 2 is 2.03 bits per heavy atom. The zero-order chi connectivity index (χ0) is 21.6. The third-order valence-electron chi connectivity index (χ3n) is 6.99. The molecule has 1 aromatic carbocycles. The summed E-state index contributed by atoms with van der Waals surface area (Å²) in [6, 6.07) is 5.59. The third-order valence-corrected chi connectivity index (χ3v) is 7.28. The Bertz CT molecular complexity index is 864. The lowest BCUT2D eigenvalue weighted by Crippen LogP contribution is -2.58. The van der Waals surface area contributed by atoms with E-state index in [-0.39, 0.29) is 23.5 Å². The maximum atomic E-state index is 13.0. The average Bonchev–Trinajstić information content (AvgIpc) is 3.11. The van der Waals surface area contributed by atoms with Crippen molar-refractivity contribution < 1.29 is 23.5 Å². The van der Waals surface area contributed by atoms with E-state index in [9.17, 15) is 14.0 Å². The van der Waals surface area contributed by atoms with Gasteiger partial charge in [-0.3, -0.25) is 4.79 Å². The Morgan fingerprint density at radius 3 is 2.65 bits per heavy atom. The second-order valence-corrected chi connectivity index (χ2v) is 9.69. The van der Waals surface area contributed by atoms with E-state index in [0.717, 1.165) is 31.6 Å². The maximum Gasteiger partial charge on any atom is 0.407 e. The summed E-state index contributed by atoms with van der Waals surface area (Å²) in [4.78, 5) is 27.9. The fourth-order valence-corrected chi connectivity index (χ4v) is 5.22. The number of hydrogen-bond acceptors (Lipinski definition) is 5. The molecule has 4 aliphatic rings. The van der Waals surface area contributed by atoms with Crippen molar-refractivity contribution >= 4 is 29.3 Å². The van der Waals surface area contributed by atoms with E-state index in [2.05, 4.69) is 5.32 Å². The molecule has 0 aromatic heterocycles.